The largest absolute Gasteiger partial charge is 0.481 e. The fourth-order valence-corrected chi connectivity index (χ4v) is 2.39. The fourth-order valence-electron chi connectivity index (χ4n) is 1.55. The molecule has 0 saturated carbocycles. The zero-order valence-corrected chi connectivity index (χ0v) is 13.4. The van der Waals surface area contributed by atoms with E-state index in [9.17, 15) is 13.2 Å². The van der Waals surface area contributed by atoms with Crippen LogP contribution in [-0.4, -0.2) is 26.5 Å². The lowest BCUT2D eigenvalue weighted by Crippen LogP contribution is -2.40. The van der Waals surface area contributed by atoms with Gasteiger partial charge in [-0.15, -0.1) is 0 Å². The van der Waals surface area contributed by atoms with Gasteiger partial charge < -0.3 is 10.1 Å². The molecule has 0 aliphatic carbocycles. The molecule has 0 aromatic heterocycles. The third-order valence-electron chi connectivity index (χ3n) is 2.53. The second-order valence-corrected chi connectivity index (χ2v) is 7.35. The Bertz CT molecular complexity index is 598. The molecule has 0 radical (unpaired) electrons. The van der Waals surface area contributed by atoms with Gasteiger partial charge in [0.25, 0.3) is 15.0 Å². The molecule has 112 valence electrons. The van der Waals surface area contributed by atoms with Crippen molar-refractivity contribution < 1.29 is 17.9 Å². The number of aryl methyl sites for hydroxylation is 1. The molecule has 0 heterocycles. The van der Waals surface area contributed by atoms with Crippen LogP contribution in [-0.2, 0) is 13.8 Å². The highest BCUT2D eigenvalue weighted by Crippen LogP contribution is 2.24. The molecule has 5 nitrogen and oxygen atoms in total. The number of nitrogens with one attached hydrogen (secondary N) is 1. The van der Waals surface area contributed by atoms with E-state index in [-0.39, 0.29) is 16.8 Å². The normalized spacial score (nSPS) is 13.1. The van der Waals surface area contributed by atoms with Crippen molar-refractivity contribution in [2.75, 3.05) is 0 Å². The van der Waals surface area contributed by atoms with Crippen LogP contribution >= 0.6 is 10.7 Å². The number of ether oxygens (including phenoxy) is 1. The number of carbonyl (C=O) groups is 1. The first-order valence-corrected chi connectivity index (χ1v) is 8.44. The Morgan fingerprint density at radius 2 is 1.90 bits per heavy atom. The van der Waals surface area contributed by atoms with Crippen LogP contribution in [0.2, 0.25) is 0 Å². The summed E-state index contributed by atoms with van der Waals surface area (Å²) in [5, 5.41) is 2.74. The molecule has 0 saturated heterocycles. The maximum Gasteiger partial charge on any atom is 0.261 e. The average molecular weight is 320 g/mol. The summed E-state index contributed by atoms with van der Waals surface area (Å²) in [6.45, 7) is 7.03. The van der Waals surface area contributed by atoms with Gasteiger partial charge in [0.2, 0.25) is 0 Å². The number of amides is 1. The Morgan fingerprint density at radius 3 is 2.35 bits per heavy atom. The van der Waals surface area contributed by atoms with Crippen molar-refractivity contribution in [3.05, 3.63) is 23.8 Å². The summed E-state index contributed by atoms with van der Waals surface area (Å²) in [5.41, 5.74) is 0.593. The molecule has 1 aromatic rings. The summed E-state index contributed by atoms with van der Waals surface area (Å²) in [6, 6.07) is 4.27. The van der Waals surface area contributed by atoms with Crippen molar-refractivity contribution in [3.63, 3.8) is 0 Å². The fraction of sp³-hybridized carbons (Fsp3) is 0.462. The van der Waals surface area contributed by atoms with E-state index in [0.29, 0.717) is 11.3 Å². The Morgan fingerprint density at radius 1 is 1.30 bits per heavy atom. The second-order valence-electron chi connectivity index (χ2n) is 4.79. The Hall–Kier alpha value is -1.27. The monoisotopic (exact) mass is 319 g/mol. The highest BCUT2D eigenvalue weighted by molar-refractivity contribution is 8.13. The molecule has 7 heteroatoms. The van der Waals surface area contributed by atoms with Crippen LogP contribution < -0.4 is 10.1 Å². The van der Waals surface area contributed by atoms with E-state index in [0.717, 1.165) is 0 Å². The quantitative estimate of drug-likeness (QED) is 0.845. The summed E-state index contributed by atoms with van der Waals surface area (Å²) >= 11 is 0. The standard InChI is InChI=1S/C13H18ClNO4S/c1-8(2)15-13(16)10(4)19-12-6-5-11(7-9(12)3)20(14,17)18/h5-8,10H,1-4H3,(H,15,16). The lowest BCUT2D eigenvalue weighted by Gasteiger charge is -2.17. The van der Waals surface area contributed by atoms with Gasteiger partial charge in [-0.05, 0) is 51.5 Å². The van der Waals surface area contributed by atoms with Crippen LogP contribution in [0, 0.1) is 6.92 Å². The molecule has 1 rings (SSSR count). The summed E-state index contributed by atoms with van der Waals surface area (Å²) < 4.78 is 27.9. The van der Waals surface area contributed by atoms with Gasteiger partial charge in [0.05, 0.1) is 4.90 Å². The molecule has 1 atom stereocenters. The van der Waals surface area contributed by atoms with Crippen molar-refractivity contribution in [1.29, 1.82) is 0 Å². The van der Waals surface area contributed by atoms with Gasteiger partial charge in [-0.3, -0.25) is 4.79 Å². The maximum atomic E-state index is 11.7. The van der Waals surface area contributed by atoms with Gasteiger partial charge in [-0.1, -0.05) is 0 Å². The molecule has 0 aliphatic heterocycles. The van der Waals surface area contributed by atoms with Gasteiger partial charge in [0.15, 0.2) is 6.10 Å². The molecular formula is C13H18ClNO4S. The first kappa shape index (κ1) is 16.8. The van der Waals surface area contributed by atoms with Gasteiger partial charge in [-0.2, -0.15) is 0 Å². The number of rotatable bonds is 5. The minimum atomic E-state index is -3.77. The molecule has 1 N–H and O–H groups in total. The van der Waals surface area contributed by atoms with Gasteiger partial charge in [0.1, 0.15) is 5.75 Å². The maximum absolute atomic E-state index is 11.7. The summed E-state index contributed by atoms with van der Waals surface area (Å²) in [5.74, 6) is 0.217. The van der Waals surface area contributed by atoms with E-state index < -0.39 is 15.2 Å². The average Bonchev–Trinajstić information content (AvgIpc) is 2.29. The zero-order chi connectivity index (χ0) is 15.5. The molecule has 20 heavy (non-hydrogen) atoms. The second kappa shape index (κ2) is 6.45. The number of hydrogen-bond donors (Lipinski definition) is 1. The smallest absolute Gasteiger partial charge is 0.261 e. The predicted molar refractivity (Wildman–Crippen MR) is 77.6 cm³/mol. The van der Waals surface area contributed by atoms with Gasteiger partial charge >= 0.3 is 0 Å². The summed E-state index contributed by atoms with van der Waals surface area (Å²) in [6.07, 6.45) is -0.672. The number of carbonyl (C=O) groups excluding carboxylic acids is 1. The van der Waals surface area contributed by atoms with Crippen LogP contribution in [0.15, 0.2) is 23.1 Å². The van der Waals surface area contributed by atoms with Crippen molar-refractivity contribution in [2.24, 2.45) is 0 Å². The van der Waals surface area contributed by atoms with E-state index in [1.54, 1.807) is 13.8 Å². The van der Waals surface area contributed by atoms with E-state index in [2.05, 4.69) is 5.32 Å². The van der Waals surface area contributed by atoms with Gasteiger partial charge in [-0.25, -0.2) is 8.42 Å². The van der Waals surface area contributed by atoms with Crippen LogP contribution in [0.1, 0.15) is 26.3 Å². The molecule has 0 bridgehead atoms. The van der Waals surface area contributed by atoms with Gasteiger partial charge in [0, 0.05) is 16.7 Å². The van der Waals surface area contributed by atoms with Crippen molar-refractivity contribution in [2.45, 2.75) is 44.7 Å². The predicted octanol–water partition coefficient (Wildman–Crippen LogP) is 2.21. The molecule has 0 fully saturated rings. The molecule has 1 amide bonds. The van der Waals surface area contributed by atoms with Crippen LogP contribution in [0.3, 0.4) is 0 Å². The summed E-state index contributed by atoms with van der Waals surface area (Å²) in [7, 11) is 1.50. The first-order valence-electron chi connectivity index (χ1n) is 6.13. The van der Waals surface area contributed by atoms with Crippen molar-refractivity contribution in [1.82, 2.24) is 5.32 Å². The minimum absolute atomic E-state index is 0.00306. The topological polar surface area (TPSA) is 72.5 Å². The molecular weight excluding hydrogens is 302 g/mol. The zero-order valence-electron chi connectivity index (χ0n) is 11.8. The van der Waals surface area contributed by atoms with Crippen LogP contribution in [0.25, 0.3) is 0 Å². The Labute approximate surface area is 123 Å². The lowest BCUT2D eigenvalue weighted by molar-refractivity contribution is -0.127. The number of halogens is 1. The third-order valence-corrected chi connectivity index (χ3v) is 3.88. The lowest BCUT2D eigenvalue weighted by atomic mass is 10.2. The SMILES string of the molecule is Cc1cc(S(=O)(=O)Cl)ccc1OC(C)C(=O)NC(C)C. The third kappa shape index (κ3) is 4.68. The summed E-state index contributed by atoms with van der Waals surface area (Å²) in [4.78, 5) is 11.7. The van der Waals surface area contributed by atoms with E-state index in [4.69, 9.17) is 15.4 Å². The molecule has 1 aromatic carbocycles. The number of hydrogen-bond acceptors (Lipinski definition) is 4. The number of benzene rings is 1. The van der Waals surface area contributed by atoms with E-state index in [1.165, 1.54) is 18.2 Å². The highest BCUT2D eigenvalue weighted by atomic mass is 35.7. The van der Waals surface area contributed by atoms with E-state index in [1.807, 2.05) is 13.8 Å². The minimum Gasteiger partial charge on any atom is -0.481 e. The Kier molecular flexibility index (Phi) is 5.42. The van der Waals surface area contributed by atoms with Crippen LogP contribution in [0.5, 0.6) is 5.75 Å². The molecule has 0 aliphatic rings. The first-order chi connectivity index (χ1) is 9.11. The van der Waals surface area contributed by atoms with Crippen molar-refractivity contribution >= 4 is 25.6 Å². The molecule has 0 spiro atoms. The van der Waals surface area contributed by atoms with Crippen molar-refractivity contribution in [3.8, 4) is 5.75 Å². The Balaban J connectivity index is 2.87. The molecule has 1 unspecified atom stereocenters. The van der Waals surface area contributed by atoms with E-state index >= 15 is 0 Å². The highest BCUT2D eigenvalue weighted by Gasteiger charge is 2.17. The van der Waals surface area contributed by atoms with Crippen LogP contribution in [0.4, 0.5) is 0 Å².